The van der Waals surface area contributed by atoms with Crippen molar-refractivity contribution in [1.82, 2.24) is 14.9 Å². The second-order valence-electron chi connectivity index (χ2n) is 9.86. The van der Waals surface area contributed by atoms with E-state index in [9.17, 15) is 9.59 Å². The third kappa shape index (κ3) is 3.24. The maximum absolute atomic E-state index is 12.9. The zero-order valence-corrected chi connectivity index (χ0v) is 17.5. The Morgan fingerprint density at radius 1 is 1.24 bits per heavy atom. The summed E-state index contributed by atoms with van der Waals surface area (Å²) in [6, 6.07) is 1.90. The Morgan fingerprint density at radius 3 is 2.69 bits per heavy atom. The Morgan fingerprint density at radius 2 is 2.00 bits per heavy atom. The molecule has 5 fully saturated rings. The standard InChI is InChI=1S/C23H31N3O3/c1-3-19(27)23-10-15-8-17(11-23)20(18(9-15)12-23)29-22(28)26-7-5-16(13-26)21-24-6-4-14(2)25-21/h4,6,15-18,20H,3,5,7-13H2,1-2H3. The van der Waals surface area contributed by atoms with E-state index in [0.717, 1.165) is 50.0 Å². The third-order valence-electron chi connectivity index (χ3n) is 7.96. The largest absolute Gasteiger partial charge is 0.446 e. The van der Waals surface area contributed by atoms with Crippen molar-refractivity contribution in [2.75, 3.05) is 13.1 Å². The zero-order valence-electron chi connectivity index (χ0n) is 17.5. The third-order valence-corrected chi connectivity index (χ3v) is 7.96. The normalized spacial score (nSPS) is 37.7. The summed E-state index contributed by atoms with van der Waals surface area (Å²) < 4.78 is 6.11. The lowest BCUT2D eigenvalue weighted by atomic mass is 9.47. The fourth-order valence-corrected chi connectivity index (χ4v) is 6.88. The molecule has 0 radical (unpaired) electrons. The predicted molar refractivity (Wildman–Crippen MR) is 107 cm³/mol. The van der Waals surface area contributed by atoms with Gasteiger partial charge < -0.3 is 9.64 Å². The number of ketones is 1. The Balaban J connectivity index is 1.24. The van der Waals surface area contributed by atoms with Crippen molar-refractivity contribution >= 4 is 11.9 Å². The topological polar surface area (TPSA) is 72.4 Å². The van der Waals surface area contributed by atoms with Gasteiger partial charge in [-0.3, -0.25) is 4.79 Å². The van der Waals surface area contributed by atoms with E-state index in [1.807, 2.05) is 24.8 Å². The van der Waals surface area contributed by atoms with Crippen molar-refractivity contribution in [3.63, 3.8) is 0 Å². The lowest BCUT2D eigenvalue weighted by Crippen LogP contribution is -2.57. The maximum atomic E-state index is 12.9. The molecule has 1 aromatic heterocycles. The van der Waals surface area contributed by atoms with Gasteiger partial charge in [-0.15, -0.1) is 0 Å². The van der Waals surface area contributed by atoms with Crippen LogP contribution in [0.15, 0.2) is 12.3 Å². The number of nitrogens with zero attached hydrogens (tertiary/aromatic N) is 3. The molecular formula is C23H31N3O3. The molecule has 1 aromatic rings. The number of aryl methyl sites for hydroxylation is 1. The maximum Gasteiger partial charge on any atom is 0.410 e. The van der Waals surface area contributed by atoms with Crippen LogP contribution in [0.4, 0.5) is 4.79 Å². The average Bonchev–Trinajstić information content (AvgIpc) is 3.20. The SMILES string of the molecule is CCC(=O)C12CC3CC(C1)C(OC(=O)N1CCC(c4nccc(C)n4)C1)C(C3)C2. The fourth-order valence-electron chi connectivity index (χ4n) is 6.88. The lowest BCUT2D eigenvalue weighted by Gasteiger charge is -2.58. The first kappa shape index (κ1) is 19.0. The summed E-state index contributed by atoms with van der Waals surface area (Å²) in [7, 11) is 0. The monoisotopic (exact) mass is 397 g/mol. The molecule has 6 heteroatoms. The van der Waals surface area contributed by atoms with Crippen LogP contribution in [-0.4, -0.2) is 45.9 Å². The van der Waals surface area contributed by atoms with E-state index in [1.54, 1.807) is 6.20 Å². The highest BCUT2D eigenvalue weighted by Crippen LogP contribution is 2.61. The highest BCUT2D eigenvalue weighted by molar-refractivity contribution is 5.85. The molecule has 1 amide bonds. The number of hydrogen-bond acceptors (Lipinski definition) is 5. The first-order valence-electron chi connectivity index (χ1n) is 11.3. The molecule has 156 valence electrons. The molecule has 29 heavy (non-hydrogen) atoms. The second-order valence-corrected chi connectivity index (χ2v) is 9.86. The van der Waals surface area contributed by atoms with Gasteiger partial charge in [-0.1, -0.05) is 6.92 Å². The first-order chi connectivity index (χ1) is 14.0. The van der Waals surface area contributed by atoms with Crippen LogP contribution >= 0.6 is 0 Å². The summed E-state index contributed by atoms with van der Waals surface area (Å²) in [5, 5.41) is 0. The minimum absolute atomic E-state index is 0.00824. The van der Waals surface area contributed by atoms with Crippen LogP contribution in [0.2, 0.25) is 0 Å². The summed E-state index contributed by atoms with van der Waals surface area (Å²) in [6.07, 6.45) is 8.26. The molecule has 5 aliphatic rings. The molecule has 3 unspecified atom stereocenters. The summed E-state index contributed by atoms with van der Waals surface area (Å²) in [5.41, 5.74) is 0.843. The van der Waals surface area contributed by atoms with E-state index in [-0.39, 0.29) is 23.5 Å². The lowest BCUT2D eigenvalue weighted by molar-refractivity contribution is -0.162. The zero-order chi connectivity index (χ0) is 20.2. The van der Waals surface area contributed by atoms with Gasteiger partial charge in [0.25, 0.3) is 0 Å². The van der Waals surface area contributed by atoms with Crippen LogP contribution in [0.25, 0.3) is 0 Å². The number of rotatable bonds is 4. The van der Waals surface area contributed by atoms with Crippen LogP contribution in [0, 0.1) is 30.1 Å². The highest BCUT2D eigenvalue weighted by Gasteiger charge is 2.59. The van der Waals surface area contributed by atoms with Crippen molar-refractivity contribution < 1.29 is 14.3 Å². The Labute approximate surface area is 172 Å². The number of likely N-dealkylation sites (tertiary alicyclic amines) is 1. The van der Waals surface area contributed by atoms with Gasteiger partial charge in [0.1, 0.15) is 17.7 Å². The summed E-state index contributed by atoms with van der Waals surface area (Å²) in [4.78, 5) is 36.4. The van der Waals surface area contributed by atoms with E-state index in [2.05, 4.69) is 9.97 Å². The molecule has 0 spiro atoms. The molecule has 1 aliphatic heterocycles. The van der Waals surface area contributed by atoms with Crippen LogP contribution in [0.1, 0.15) is 69.3 Å². The molecule has 4 aliphatic carbocycles. The predicted octanol–water partition coefficient (Wildman–Crippen LogP) is 3.88. The molecule has 0 aromatic carbocycles. The summed E-state index contributed by atoms with van der Waals surface area (Å²) in [6.45, 7) is 5.28. The average molecular weight is 398 g/mol. The summed E-state index contributed by atoms with van der Waals surface area (Å²) >= 11 is 0. The minimum atomic E-state index is -0.187. The van der Waals surface area contributed by atoms with Gasteiger partial charge in [-0.2, -0.15) is 0 Å². The number of hydrogen-bond donors (Lipinski definition) is 0. The number of carbonyl (C=O) groups excluding carboxylic acids is 2. The molecule has 0 N–H and O–H groups in total. The van der Waals surface area contributed by atoms with Crippen molar-refractivity contribution in [1.29, 1.82) is 0 Å². The van der Waals surface area contributed by atoms with Gasteiger partial charge in [-0.05, 0) is 69.3 Å². The molecule has 4 bridgehead atoms. The van der Waals surface area contributed by atoms with Gasteiger partial charge in [-0.25, -0.2) is 14.8 Å². The molecule has 3 atom stereocenters. The van der Waals surface area contributed by atoms with Crippen LogP contribution in [0.3, 0.4) is 0 Å². The van der Waals surface area contributed by atoms with Crippen LogP contribution in [-0.2, 0) is 9.53 Å². The number of carbonyl (C=O) groups is 2. The minimum Gasteiger partial charge on any atom is -0.446 e. The van der Waals surface area contributed by atoms with E-state index in [1.165, 1.54) is 0 Å². The number of amides is 1. The van der Waals surface area contributed by atoms with Gasteiger partial charge >= 0.3 is 6.09 Å². The van der Waals surface area contributed by atoms with E-state index in [4.69, 9.17) is 4.74 Å². The number of Topliss-reactive ketones (excluding diaryl/α,β-unsaturated/α-hetero) is 1. The Bertz CT molecular complexity index is 809. The molecule has 1 saturated heterocycles. The fraction of sp³-hybridized carbons (Fsp3) is 0.739. The van der Waals surface area contributed by atoms with E-state index < -0.39 is 0 Å². The second kappa shape index (κ2) is 7.06. The molecular weight excluding hydrogens is 366 g/mol. The quantitative estimate of drug-likeness (QED) is 0.771. The Kier molecular flexibility index (Phi) is 4.63. The first-order valence-corrected chi connectivity index (χ1v) is 11.3. The van der Waals surface area contributed by atoms with Gasteiger partial charge in [0.2, 0.25) is 0 Å². The smallest absolute Gasteiger partial charge is 0.410 e. The van der Waals surface area contributed by atoms with Gasteiger partial charge in [0.05, 0.1) is 0 Å². The Hall–Kier alpha value is -1.98. The van der Waals surface area contributed by atoms with Crippen molar-refractivity contribution in [2.45, 2.75) is 70.8 Å². The van der Waals surface area contributed by atoms with E-state index >= 15 is 0 Å². The highest BCUT2D eigenvalue weighted by atomic mass is 16.6. The van der Waals surface area contributed by atoms with Gasteiger partial charge in [0.15, 0.2) is 0 Å². The molecule has 6 nitrogen and oxygen atoms in total. The number of aromatic nitrogens is 2. The number of ether oxygens (including phenoxy) is 1. The molecule has 6 rings (SSSR count). The summed E-state index contributed by atoms with van der Waals surface area (Å²) in [5.74, 6) is 2.81. The van der Waals surface area contributed by atoms with Crippen molar-refractivity contribution in [3.8, 4) is 0 Å². The molecule has 2 heterocycles. The van der Waals surface area contributed by atoms with Crippen molar-refractivity contribution in [2.24, 2.45) is 23.2 Å². The van der Waals surface area contributed by atoms with E-state index in [0.29, 0.717) is 43.0 Å². The van der Waals surface area contributed by atoms with Crippen LogP contribution in [0.5, 0.6) is 0 Å². The van der Waals surface area contributed by atoms with Gasteiger partial charge in [0, 0.05) is 42.7 Å². The molecule has 4 saturated carbocycles. The van der Waals surface area contributed by atoms with Crippen molar-refractivity contribution in [3.05, 3.63) is 23.8 Å². The van der Waals surface area contributed by atoms with Crippen LogP contribution < -0.4 is 0 Å².